The van der Waals surface area contributed by atoms with Crippen LogP contribution in [0.1, 0.15) is 51.9 Å². The number of ether oxygens (including phenoxy) is 1. The van der Waals surface area contributed by atoms with Gasteiger partial charge in [-0.05, 0) is 39.3 Å². The first-order chi connectivity index (χ1) is 8.63. The van der Waals surface area contributed by atoms with Gasteiger partial charge in [0.1, 0.15) is 5.78 Å². The van der Waals surface area contributed by atoms with Crippen molar-refractivity contribution in [1.29, 1.82) is 0 Å². The minimum atomic E-state index is -0.145. The van der Waals surface area contributed by atoms with Gasteiger partial charge in [-0.2, -0.15) is 0 Å². The number of ketones is 1. The summed E-state index contributed by atoms with van der Waals surface area (Å²) in [5.41, 5.74) is 0. The lowest BCUT2D eigenvalue weighted by molar-refractivity contribution is -0.140. The normalized spacial score (nSPS) is 21.3. The third-order valence-corrected chi connectivity index (χ3v) is 3.58. The Morgan fingerprint density at radius 2 is 2.06 bits per heavy atom. The van der Waals surface area contributed by atoms with Crippen LogP contribution in [0.2, 0.25) is 0 Å². The van der Waals surface area contributed by atoms with Crippen molar-refractivity contribution in [3.63, 3.8) is 0 Å². The van der Waals surface area contributed by atoms with Crippen LogP contribution in [0, 0.1) is 0 Å². The third-order valence-electron chi connectivity index (χ3n) is 3.58. The van der Waals surface area contributed by atoms with Crippen molar-refractivity contribution < 1.29 is 14.3 Å². The Labute approximate surface area is 110 Å². The number of Topliss-reactive ketones (excluding diaryl/α,β-unsaturated/α-hetero) is 1. The molecule has 0 amide bonds. The molecule has 1 aliphatic heterocycles. The van der Waals surface area contributed by atoms with Crippen LogP contribution in [0.5, 0.6) is 0 Å². The van der Waals surface area contributed by atoms with Crippen LogP contribution in [0.3, 0.4) is 0 Å². The molecule has 18 heavy (non-hydrogen) atoms. The molecule has 0 aromatic heterocycles. The fourth-order valence-corrected chi connectivity index (χ4v) is 2.62. The maximum atomic E-state index is 11.3. The smallest absolute Gasteiger partial charge is 0.305 e. The minimum Gasteiger partial charge on any atom is -0.469 e. The molecule has 0 saturated carbocycles. The second-order valence-corrected chi connectivity index (χ2v) is 5.12. The fraction of sp³-hybridized carbons (Fsp3) is 0.857. The molecule has 1 aliphatic rings. The number of hydrogen-bond donors (Lipinski definition) is 0. The quantitative estimate of drug-likeness (QED) is 0.682. The van der Waals surface area contributed by atoms with E-state index in [1.165, 1.54) is 26.4 Å². The highest BCUT2D eigenvalue weighted by molar-refractivity contribution is 5.76. The monoisotopic (exact) mass is 255 g/mol. The summed E-state index contributed by atoms with van der Waals surface area (Å²) in [5, 5.41) is 0. The zero-order valence-electron chi connectivity index (χ0n) is 11.6. The second-order valence-electron chi connectivity index (χ2n) is 5.12. The van der Waals surface area contributed by atoms with Crippen LogP contribution in [0.25, 0.3) is 0 Å². The highest BCUT2D eigenvalue weighted by Crippen LogP contribution is 2.20. The SMILES string of the molecule is COC(=O)CCCN1CCCCCC1CC(C)=O. The van der Waals surface area contributed by atoms with Gasteiger partial charge in [0.25, 0.3) is 0 Å². The number of nitrogens with zero attached hydrogens (tertiary/aromatic N) is 1. The Hall–Kier alpha value is -0.900. The maximum Gasteiger partial charge on any atom is 0.305 e. The first kappa shape index (κ1) is 15.2. The number of likely N-dealkylation sites (tertiary alicyclic amines) is 1. The number of carbonyl (C=O) groups excluding carboxylic acids is 2. The van der Waals surface area contributed by atoms with E-state index in [1.807, 2.05) is 0 Å². The number of methoxy groups -OCH3 is 1. The van der Waals surface area contributed by atoms with Crippen molar-refractivity contribution in [2.75, 3.05) is 20.2 Å². The van der Waals surface area contributed by atoms with Gasteiger partial charge in [-0.15, -0.1) is 0 Å². The van der Waals surface area contributed by atoms with Gasteiger partial charge in [0, 0.05) is 18.9 Å². The molecule has 1 heterocycles. The van der Waals surface area contributed by atoms with Gasteiger partial charge in [0.15, 0.2) is 0 Å². The van der Waals surface area contributed by atoms with E-state index in [-0.39, 0.29) is 11.8 Å². The molecule has 0 aromatic carbocycles. The van der Waals surface area contributed by atoms with Gasteiger partial charge in [-0.1, -0.05) is 12.8 Å². The summed E-state index contributed by atoms with van der Waals surface area (Å²) in [7, 11) is 1.42. The number of rotatable bonds is 6. The number of carbonyl (C=O) groups is 2. The molecule has 0 radical (unpaired) electrons. The zero-order valence-corrected chi connectivity index (χ0v) is 11.6. The van der Waals surface area contributed by atoms with Crippen LogP contribution in [-0.4, -0.2) is 42.9 Å². The molecular weight excluding hydrogens is 230 g/mol. The number of esters is 1. The molecule has 1 rings (SSSR count). The Morgan fingerprint density at radius 3 is 2.72 bits per heavy atom. The third kappa shape index (κ3) is 5.63. The average molecular weight is 255 g/mol. The predicted octanol–water partition coefficient (Wildman–Crippen LogP) is 2.16. The summed E-state index contributed by atoms with van der Waals surface area (Å²) in [4.78, 5) is 24.8. The van der Waals surface area contributed by atoms with Gasteiger partial charge in [0.05, 0.1) is 7.11 Å². The molecule has 104 valence electrons. The van der Waals surface area contributed by atoms with E-state index in [0.29, 0.717) is 18.9 Å². The van der Waals surface area contributed by atoms with Crippen molar-refractivity contribution in [3.05, 3.63) is 0 Å². The van der Waals surface area contributed by atoms with E-state index >= 15 is 0 Å². The molecule has 1 unspecified atom stereocenters. The van der Waals surface area contributed by atoms with E-state index in [2.05, 4.69) is 9.64 Å². The number of hydrogen-bond acceptors (Lipinski definition) is 4. The van der Waals surface area contributed by atoms with Crippen LogP contribution < -0.4 is 0 Å². The van der Waals surface area contributed by atoms with E-state index in [1.54, 1.807) is 6.92 Å². The van der Waals surface area contributed by atoms with Gasteiger partial charge in [0.2, 0.25) is 0 Å². The summed E-state index contributed by atoms with van der Waals surface area (Å²) >= 11 is 0. The van der Waals surface area contributed by atoms with Crippen molar-refractivity contribution in [2.45, 2.75) is 57.9 Å². The van der Waals surface area contributed by atoms with E-state index < -0.39 is 0 Å². The molecule has 1 fully saturated rings. The van der Waals surface area contributed by atoms with Crippen molar-refractivity contribution in [1.82, 2.24) is 4.90 Å². The fourth-order valence-electron chi connectivity index (χ4n) is 2.62. The van der Waals surface area contributed by atoms with Gasteiger partial charge >= 0.3 is 5.97 Å². The summed E-state index contributed by atoms with van der Waals surface area (Å²) in [6.07, 6.45) is 6.72. The van der Waals surface area contributed by atoms with Crippen molar-refractivity contribution in [2.24, 2.45) is 0 Å². The maximum absolute atomic E-state index is 11.3. The van der Waals surface area contributed by atoms with Crippen molar-refractivity contribution in [3.8, 4) is 0 Å². The van der Waals surface area contributed by atoms with E-state index in [0.717, 1.165) is 25.9 Å². The molecule has 0 aliphatic carbocycles. The van der Waals surface area contributed by atoms with E-state index in [9.17, 15) is 9.59 Å². The highest BCUT2D eigenvalue weighted by atomic mass is 16.5. The van der Waals surface area contributed by atoms with Crippen LogP contribution >= 0.6 is 0 Å². The molecule has 1 atom stereocenters. The average Bonchev–Trinajstić information content (AvgIpc) is 2.54. The topological polar surface area (TPSA) is 46.6 Å². The standard InChI is InChI=1S/C14H25NO3/c1-12(16)11-13-7-4-3-5-9-15(13)10-6-8-14(17)18-2/h13H,3-11H2,1-2H3. The Bertz CT molecular complexity index is 278. The highest BCUT2D eigenvalue weighted by Gasteiger charge is 2.21. The molecule has 0 aromatic rings. The van der Waals surface area contributed by atoms with Crippen LogP contribution in [0.4, 0.5) is 0 Å². The lowest BCUT2D eigenvalue weighted by Gasteiger charge is -2.29. The van der Waals surface area contributed by atoms with Gasteiger partial charge in [-0.3, -0.25) is 14.5 Å². The molecule has 1 saturated heterocycles. The second kappa shape index (κ2) is 8.25. The first-order valence-corrected chi connectivity index (χ1v) is 6.93. The largest absolute Gasteiger partial charge is 0.469 e. The lowest BCUT2D eigenvalue weighted by Crippen LogP contribution is -2.37. The molecule has 0 bridgehead atoms. The Morgan fingerprint density at radius 1 is 1.28 bits per heavy atom. The predicted molar refractivity (Wildman–Crippen MR) is 70.4 cm³/mol. The summed E-state index contributed by atoms with van der Waals surface area (Å²) in [6, 6.07) is 0.377. The lowest BCUT2D eigenvalue weighted by atomic mass is 10.0. The summed E-state index contributed by atoms with van der Waals surface area (Å²) in [5.74, 6) is 0.118. The summed E-state index contributed by atoms with van der Waals surface area (Å²) < 4.78 is 4.64. The van der Waals surface area contributed by atoms with Gasteiger partial charge in [-0.25, -0.2) is 0 Å². The minimum absolute atomic E-state index is 0.145. The zero-order chi connectivity index (χ0) is 13.4. The molecule has 4 heteroatoms. The molecule has 0 spiro atoms. The molecule has 0 N–H and O–H groups in total. The van der Waals surface area contributed by atoms with Gasteiger partial charge < -0.3 is 4.74 Å². The summed E-state index contributed by atoms with van der Waals surface area (Å²) in [6.45, 7) is 3.61. The van der Waals surface area contributed by atoms with Crippen LogP contribution in [-0.2, 0) is 14.3 Å². The van der Waals surface area contributed by atoms with Crippen LogP contribution in [0.15, 0.2) is 0 Å². The van der Waals surface area contributed by atoms with E-state index in [4.69, 9.17) is 0 Å². The first-order valence-electron chi connectivity index (χ1n) is 6.93. The Kier molecular flexibility index (Phi) is 6.94. The van der Waals surface area contributed by atoms with Crippen molar-refractivity contribution >= 4 is 11.8 Å². The molecule has 4 nitrogen and oxygen atoms in total. The Balaban J connectivity index is 2.41. The molecular formula is C14H25NO3.